The number of aromatic amines is 1. The number of carbonyl (C=O) groups excluding carboxylic acids is 1. The Balaban J connectivity index is 2.21. The Hall–Kier alpha value is -2.17. The van der Waals surface area contributed by atoms with Crippen LogP contribution in [0.4, 0.5) is 10.2 Å². The average molecular weight is 219 g/mol. The van der Waals surface area contributed by atoms with Gasteiger partial charge >= 0.3 is 0 Å². The maximum Gasteiger partial charge on any atom is 0.257 e. The molecule has 0 saturated carbocycles. The summed E-state index contributed by atoms with van der Waals surface area (Å²) in [7, 11) is 0. The number of carbonyl (C=O) groups is 1. The van der Waals surface area contributed by atoms with Crippen molar-refractivity contribution in [1.82, 2.24) is 10.2 Å². The van der Waals surface area contributed by atoms with Crippen LogP contribution in [0, 0.1) is 12.7 Å². The van der Waals surface area contributed by atoms with Crippen molar-refractivity contribution < 1.29 is 9.18 Å². The summed E-state index contributed by atoms with van der Waals surface area (Å²) in [6.45, 7) is 1.69. The Bertz CT molecular complexity index is 508. The van der Waals surface area contributed by atoms with Crippen LogP contribution in [0.15, 0.2) is 30.5 Å². The van der Waals surface area contributed by atoms with Gasteiger partial charge < -0.3 is 5.32 Å². The summed E-state index contributed by atoms with van der Waals surface area (Å²) in [4.78, 5) is 11.8. The van der Waals surface area contributed by atoms with Crippen LogP contribution in [0.25, 0.3) is 0 Å². The molecule has 0 atom stereocenters. The quantitative estimate of drug-likeness (QED) is 0.812. The van der Waals surface area contributed by atoms with E-state index in [9.17, 15) is 9.18 Å². The van der Waals surface area contributed by atoms with E-state index in [2.05, 4.69) is 15.5 Å². The molecular weight excluding hydrogens is 209 g/mol. The number of nitrogens with zero attached hydrogens (tertiary/aromatic N) is 1. The van der Waals surface area contributed by atoms with E-state index in [1.807, 2.05) is 0 Å². The molecular formula is C11H10FN3O. The lowest BCUT2D eigenvalue weighted by molar-refractivity contribution is 0.102. The second-order valence-corrected chi connectivity index (χ2v) is 3.38. The fourth-order valence-electron chi connectivity index (χ4n) is 1.40. The standard InChI is InChI=1S/C11H10FN3O/c1-7-6-8(12)2-3-9(7)11(16)14-10-4-5-13-15-10/h2-6H,1H3,(H2,13,14,15,16). The van der Waals surface area contributed by atoms with Crippen molar-refractivity contribution in [3.63, 3.8) is 0 Å². The summed E-state index contributed by atoms with van der Waals surface area (Å²) < 4.78 is 12.8. The molecule has 1 heterocycles. The molecule has 0 radical (unpaired) electrons. The molecule has 0 spiro atoms. The second kappa shape index (κ2) is 4.14. The summed E-state index contributed by atoms with van der Waals surface area (Å²) in [6, 6.07) is 5.67. The largest absolute Gasteiger partial charge is 0.307 e. The highest BCUT2D eigenvalue weighted by Gasteiger charge is 2.10. The first-order chi connectivity index (χ1) is 7.66. The lowest BCUT2D eigenvalue weighted by Crippen LogP contribution is -2.13. The zero-order valence-corrected chi connectivity index (χ0v) is 8.62. The first-order valence-corrected chi connectivity index (χ1v) is 4.73. The van der Waals surface area contributed by atoms with Gasteiger partial charge in [-0.25, -0.2) is 4.39 Å². The SMILES string of the molecule is Cc1cc(F)ccc1C(=O)Nc1ccn[nH]1. The summed E-state index contributed by atoms with van der Waals surface area (Å²) in [5.41, 5.74) is 1.04. The average Bonchev–Trinajstić information content (AvgIpc) is 2.70. The monoisotopic (exact) mass is 219 g/mol. The number of nitrogens with one attached hydrogen (secondary N) is 2. The van der Waals surface area contributed by atoms with Crippen molar-refractivity contribution in [2.75, 3.05) is 5.32 Å². The van der Waals surface area contributed by atoms with Crippen molar-refractivity contribution in [1.29, 1.82) is 0 Å². The molecule has 0 aliphatic carbocycles. The molecule has 16 heavy (non-hydrogen) atoms. The van der Waals surface area contributed by atoms with Crippen LogP contribution >= 0.6 is 0 Å². The fourth-order valence-corrected chi connectivity index (χ4v) is 1.40. The van der Waals surface area contributed by atoms with Crippen LogP contribution in [0.1, 0.15) is 15.9 Å². The normalized spacial score (nSPS) is 10.1. The summed E-state index contributed by atoms with van der Waals surface area (Å²) in [5.74, 6) is -0.133. The van der Waals surface area contributed by atoms with Gasteiger partial charge in [-0.3, -0.25) is 9.89 Å². The zero-order chi connectivity index (χ0) is 11.5. The molecule has 0 bridgehead atoms. The topological polar surface area (TPSA) is 57.8 Å². The van der Waals surface area contributed by atoms with Gasteiger partial charge in [-0.1, -0.05) is 0 Å². The van der Waals surface area contributed by atoms with E-state index in [1.54, 1.807) is 13.0 Å². The molecule has 82 valence electrons. The number of hydrogen-bond donors (Lipinski definition) is 2. The van der Waals surface area contributed by atoms with Crippen molar-refractivity contribution in [3.05, 3.63) is 47.4 Å². The van der Waals surface area contributed by atoms with Gasteiger partial charge in [-0.2, -0.15) is 5.10 Å². The van der Waals surface area contributed by atoms with Gasteiger partial charge in [0.05, 0.1) is 6.20 Å². The van der Waals surface area contributed by atoms with E-state index in [0.29, 0.717) is 16.9 Å². The highest BCUT2D eigenvalue weighted by Crippen LogP contribution is 2.12. The molecule has 4 nitrogen and oxygen atoms in total. The van der Waals surface area contributed by atoms with Gasteiger partial charge in [0.2, 0.25) is 0 Å². The third kappa shape index (κ3) is 2.08. The highest BCUT2D eigenvalue weighted by molar-refractivity contribution is 6.04. The predicted molar refractivity (Wildman–Crippen MR) is 57.7 cm³/mol. The minimum Gasteiger partial charge on any atom is -0.307 e. The molecule has 0 saturated heterocycles. The minimum absolute atomic E-state index is 0.290. The number of hydrogen-bond acceptors (Lipinski definition) is 2. The van der Waals surface area contributed by atoms with Crippen LogP contribution in [0.3, 0.4) is 0 Å². The first-order valence-electron chi connectivity index (χ1n) is 4.73. The molecule has 0 fully saturated rings. The van der Waals surface area contributed by atoms with Crippen molar-refractivity contribution in [3.8, 4) is 0 Å². The summed E-state index contributed by atoms with van der Waals surface area (Å²) >= 11 is 0. The number of H-pyrrole nitrogens is 1. The van der Waals surface area contributed by atoms with E-state index in [-0.39, 0.29) is 11.7 Å². The Kier molecular flexibility index (Phi) is 2.68. The van der Waals surface area contributed by atoms with Crippen LogP contribution in [-0.2, 0) is 0 Å². The lowest BCUT2D eigenvalue weighted by Gasteiger charge is -2.05. The molecule has 2 N–H and O–H groups in total. The first kappa shape index (κ1) is 10.4. The highest BCUT2D eigenvalue weighted by atomic mass is 19.1. The molecule has 0 aliphatic rings. The van der Waals surface area contributed by atoms with E-state index >= 15 is 0 Å². The van der Waals surface area contributed by atoms with Crippen LogP contribution in [0.5, 0.6) is 0 Å². The number of aryl methyl sites for hydroxylation is 1. The molecule has 2 rings (SSSR count). The number of anilines is 1. The number of benzene rings is 1. The third-order valence-corrected chi connectivity index (χ3v) is 2.18. The Morgan fingerprint density at radius 2 is 2.25 bits per heavy atom. The number of aromatic nitrogens is 2. The zero-order valence-electron chi connectivity index (χ0n) is 8.62. The molecule has 0 aliphatic heterocycles. The second-order valence-electron chi connectivity index (χ2n) is 3.38. The van der Waals surface area contributed by atoms with Crippen molar-refractivity contribution >= 4 is 11.7 Å². The van der Waals surface area contributed by atoms with Gasteiger partial charge in [0.15, 0.2) is 0 Å². The van der Waals surface area contributed by atoms with Gasteiger partial charge in [0.25, 0.3) is 5.91 Å². The van der Waals surface area contributed by atoms with Gasteiger partial charge in [0.1, 0.15) is 11.6 Å². The van der Waals surface area contributed by atoms with Crippen LogP contribution in [0.2, 0.25) is 0 Å². The van der Waals surface area contributed by atoms with Gasteiger partial charge in [-0.15, -0.1) is 0 Å². The number of rotatable bonds is 2. The third-order valence-electron chi connectivity index (χ3n) is 2.18. The Morgan fingerprint density at radius 3 is 2.88 bits per heavy atom. The maximum atomic E-state index is 12.8. The van der Waals surface area contributed by atoms with E-state index in [1.165, 1.54) is 24.4 Å². The van der Waals surface area contributed by atoms with Gasteiger partial charge in [0, 0.05) is 11.6 Å². The van der Waals surface area contributed by atoms with E-state index in [4.69, 9.17) is 0 Å². The molecule has 5 heteroatoms. The molecule has 1 amide bonds. The molecule has 1 aromatic carbocycles. The predicted octanol–water partition coefficient (Wildman–Crippen LogP) is 2.11. The minimum atomic E-state index is -0.351. The van der Waals surface area contributed by atoms with E-state index < -0.39 is 0 Å². The van der Waals surface area contributed by atoms with E-state index in [0.717, 1.165) is 0 Å². The summed E-state index contributed by atoms with van der Waals surface area (Å²) in [6.07, 6.45) is 1.53. The van der Waals surface area contributed by atoms with Crippen molar-refractivity contribution in [2.24, 2.45) is 0 Å². The Labute approximate surface area is 91.5 Å². The van der Waals surface area contributed by atoms with Crippen molar-refractivity contribution in [2.45, 2.75) is 6.92 Å². The molecule has 1 aromatic heterocycles. The lowest BCUT2D eigenvalue weighted by atomic mass is 10.1. The molecule has 0 unspecified atom stereocenters. The number of halogens is 1. The smallest absolute Gasteiger partial charge is 0.257 e. The Morgan fingerprint density at radius 1 is 1.44 bits per heavy atom. The number of amides is 1. The summed E-state index contributed by atoms with van der Waals surface area (Å²) in [5, 5.41) is 8.94. The van der Waals surface area contributed by atoms with Crippen LogP contribution in [-0.4, -0.2) is 16.1 Å². The fraction of sp³-hybridized carbons (Fsp3) is 0.0909. The molecule has 2 aromatic rings. The maximum absolute atomic E-state index is 12.8. The van der Waals surface area contributed by atoms with Gasteiger partial charge in [-0.05, 0) is 30.7 Å². The van der Waals surface area contributed by atoms with Crippen LogP contribution < -0.4 is 5.32 Å².